The number of carbonyl (C=O) groups is 1. The van der Waals surface area contributed by atoms with Gasteiger partial charge in [0.25, 0.3) is 5.91 Å². The van der Waals surface area contributed by atoms with Gasteiger partial charge in [-0.3, -0.25) is 4.79 Å². The number of rotatable bonds is 5. The van der Waals surface area contributed by atoms with Crippen molar-refractivity contribution < 1.29 is 9.53 Å². The van der Waals surface area contributed by atoms with Crippen LogP contribution in [-0.2, 0) is 17.9 Å². The number of halogens is 1. The summed E-state index contributed by atoms with van der Waals surface area (Å²) in [5.74, 6) is 0.546. The van der Waals surface area contributed by atoms with E-state index >= 15 is 0 Å². The van der Waals surface area contributed by atoms with E-state index < -0.39 is 6.10 Å². The summed E-state index contributed by atoms with van der Waals surface area (Å²) in [7, 11) is 1.62. The number of ether oxygens (including phenoxy) is 1. The van der Waals surface area contributed by atoms with Gasteiger partial charge in [0, 0.05) is 19.2 Å². The summed E-state index contributed by atoms with van der Waals surface area (Å²) in [5.41, 5.74) is 3.92. The molecule has 1 aromatic heterocycles. The number of amides is 1. The number of carbonyl (C=O) groups excluding carboxylic acids is 1. The van der Waals surface area contributed by atoms with Crippen LogP contribution in [-0.4, -0.2) is 35.4 Å². The summed E-state index contributed by atoms with van der Waals surface area (Å²) >= 11 is 6.72. The molecule has 1 aliphatic heterocycles. The molecular weight excluding hydrogens is 388 g/mol. The maximum atomic E-state index is 12.2. The van der Waals surface area contributed by atoms with Crippen LogP contribution in [0, 0.1) is 6.92 Å². The molecule has 150 valence electrons. The van der Waals surface area contributed by atoms with E-state index in [4.69, 9.17) is 16.3 Å². The Bertz CT molecular complexity index is 1020. The first kappa shape index (κ1) is 19.3. The Hall–Kier alpha value is -2.99. The lowest BCUT2D eigenvalue weighted by Crippen LogP contribution is -2.48. The minimum absolute atomic E-state index is 0.146. The number of anilines is 1. The zero-order chi connectivity index (χ0) is 20.4. The van der Waals surface area contributed by atoms with Crippen LogP contribution in [0.15, 0.2) is 54.6 Å². The fraction of sp³-hybridized carbons (Fsp3) is 0.273. The highest BCUT2D eigenvalue weighted by atomic mass is 35.5. The topological polar surface area (TPSA) is 59.4 Å². The van der Waals surface area contributed by atoms with Crippen LogP contribution in [0.5, 0.6) is 5.75 Å². The van der Waals surface area contributed by atoms with Crippen molar-refractivity contribution in [3.05, 3.63) is 76.6 Å². The fourth-order valence-corrected chi connectivity index (χ4v) is 3.87. The molecule has 0 aliphatic carbocycles. The predicted octanol–water partition coefficient (Wildman–Crippen LogP) is 3.41. The number of aryl methyl sites for hydroxylation is 1. The summed E-state index contributed by atoms with van der Waals surface area (Å²) in [5, 5.41) is 7.93. The van der Waals surface area contributed by atoms with E-state index in [1.54, 1.807) is 7.05 Å². The third-order valence-corrected chi connectivity index (χ3v) is 5.53. The SMILES string of the molecule is CNC(=O)[C@H]1CN(Cc2c(C)nn(Cc3ccccc3)c2Cl)c2ccccc2O1. The van der Waals surface area contributed by atoms with Crippen molar-refractivity contribution in [3.63, 3.8) is 0 Å². The van der Waals surface area contributed by atoms with Crippen molar-refractivity contribution in [1.29, 1.82) is 0 Å². The van der Waals surface area contributed by atoms with Gasteiger partial charge in [-0.1, -0.05) is 54.1 Å². The number of hydrogen-bond donors (Lipinski definition) is 1. The highest BCUT2D eigenvalue weighted by Crippen LogP contribution is 2.35. The van der Waals surface area contributed by atoms with E-state index in [0.29, 0.717) is 30.5 Å². The van der Waals surface area contributed by atoms with Crippen molar-refractivity contribution in [2.45, 2.75) is 26.1 Å². The quantitative estimate of drug-likeness (QED) is 0.700. The highest BCUT2D eigenvalue weighted by Gasteiger charge is 2.31. The number of nitrogens with zero attached hydrogens (tertiary/aromatic N) is 3. The average Bonchev–Trinajstić information content (AvgIpc) is 3.01. The van der Waals surface area contributed by atoms with Gasteiger partial charge in [0.15, 0.2) is 6.10 Å². The number of aromatic nitrogens is 2. The minimum Gasteiger partial charge on any atom is -0.477 e. The number of nitrogens with one attached hydrogen (secondary N) is 1. The zero-order valence-electron chi connectivity index (χ0n) is 16.4. The summed E-state index contributed by atoms with van der Waals surface area (Å²) in [6, 6.07) is 17.8. The van der Waals surface area contributed by atoms with E-state index in [1.807, 2.05) is 54.1 Å². The molecule has 0 spiro atoms. The molecular formula is C22H23ClN4O2. The van der Waals surface area contributed by atoms with Gasteiger partial charge in [-0.2, -0.15) is 5.10 Å². The molecule has 2 heterocycles. The van der Waals surface area contributed by atoms with Crippen LogP contribution in [0.4, 0.5) is 5.69 Å². The fourth-order valence-electron chi connectivity index (χ4n) is 3.58. The average molecular weight is 411 g/mol. The molecule has 2 aromatic carbocycles. The van der Waals surface area contributed by atoms with Crippen molar-refractivity contribution in [3.8, 4) is 5.75 Å². The van der Waals surface area contributed by atoms with Crippen molar-refractivity contribution in [2.75, 3.05) is 18.5 Å². The molecule has 4 rings (SSSR count). The summed E-state index contributed by atoms with van der Waals surface area (Å²) in [6.45, 7) is 3.57. The Labute approximate surface area is 175 Å². The van der Waals surface area contributed by atoms with Crippen LogP contribution in [0.1, 0.15) is 16.8 Å². The first-order valence-electron chi connectivity index (χ1n) is 9.54. The number of likely N-dealkylation sites (N-methyl/N-ethyl adjacent to an activating group) is 1. The van der Waals surface area contributed by atoms with Crippen LogP contribution >= 0.6 is 11.6 Å². The normalized spacial score (nSPS) is 15.6. The number of fused-ring (bicyclic) bond motifs is 1. The predicted molar refractivity (Wildman–Crippen MR) is 113 cm³/mol. The molecule has 1 aliphatic rings. The molecule has 0 saturated heterocycles. The number of hydrogen-bond acceptors (Lipinski definition) is 4. The molecule has 29 heavy (non-hydrogen) atoms. The van der Waals surface area contributed by atoms with E-state index in [1.165, 1.54) is 0 Å². The van der Waals surface area contributed by atoms with Gasteiger partial charge in [0.05, 0.1) is 24.5 Å². The first-order chi connectivity index (χ1) is 14.1. The maximum absolute atomic E-state index is 12.2. The van der Waals surface area contributed by atoms with Gasteiger partial charge in [0.1, 0.15) is 10.9 Å². The van der Waals surface area contributed by atoms with Crippen LogP contribution in [0.3, 0.4) is 0 Å². The number of para-hydroxylation sites is 2. The molecule has 6 nitrogen and oxygen atoms in total. The lowest BCUT2D eigenvalue weighted by atomic mass is 10.1. The number of benzene rings is 2. The van der Waals surface area contributed by atoms with Crippen LogP contribution in [0.2, 0.25) is 5.15 Å². The Morgan fingerprint density at radius 1 is 1.17 bits per heavy atom. The molecule has 0 fully saturated rings. The second-order valence-electron chi connectivity index (χ2n) is 7.07. The second kappa shape index (κ2) is 8.17. The van der Waals surface area contributed by atoms with E-state index in [9.17, 15) is 4.79 Å². The summed E-state index contributed by atoms with van der Waals surface area (Å²) < 4.78 is 7.71. The molecule has 3 aromatic rings. The molecule has 1 amide bonds. The maximum Gasteiger partial charge on any atom is 0.262 e. The smallest absolute Gasteiger partial charge is 0.262 e. The third-order valence-electron chi connectivity index (χ3n) is 5.11. The molecule has 0 saturated carbocycles. The Morgan fingerprint density at radius 3 is 2.66 bits per heavy atom. The van der Waals surface area contributed by atoms with E-state index in [0.717, 1.165) is 22.5 Å². The summed E-state index contributed by atoms with van der Waals surface area (Å²) in [4.78, 5) is 14.3. The first-order valence-corrected chi connectivity index (χ1v) is 9.92. The van der Waals surface area contributed by atoms with E-state index in [-0.39, 0.29) is 5.91 Å². The van der Waals surface area contributed by atoms with Gasteiger partial charge in [-0.25, -0.2) is 4.68 Å². The largest absolute Gasteiger partial charge is 0.477 e. The molecule has 1 atom stereocenters. The minimum atomic E-state index is -0.576. The zero-order valence-corrected chi connectivity index (χ0v) is 17.2. The Balaban J connectivity index is 1.62. The molecule has 0 bridgehead atoms. The van der Waals surface area contributed by atoms with Crippen molar-refractivity contribution in [2.24, 2.45) is 0 Å². The summed E-state index contributed by atoms with van der Waals surface area (Å²) in [6.07, 6.45) is -0.576. The molecule has 0 unspecified atom stereocenters. The van der Waals surface area contributed by atoms with Gasteiger partial charge >= 0.3 is 0 Å². The molecule has 1 N–H and O–H groups in total. The monoisotopic (exact) mass is 410 g/mol. The Kier molecular flexibility index (Phi) is 5.45. The van der Waals surface area contributed by atoms with Gasteiger partial charge in [-0.05, 0) is 24.6 Å². The van der Waals surface area contributed by atoms with E-state index in [2.05, 4.69) is 27.4 Å². The van der Waals surface area contributed by atoms with Gasteiger partial charge in [-0.15, -0.1) is 0 Å². The lowest BCUT2D eigenvalue weighted by Gasteiger charge is -2.35. The van der Waals surface area contributed by atoms with Gasteiger partial charge in [0.2, 0.25) is 0 Å². The Morgan fingerprint density at radius 2 is 1.90 bits per heavy atom. The van der Waals surface area contributed by atoms with Crippen LogP contribution in [0.25, 0.3) is 0 Å². The highest BCUT2D eigenvalue weighted by molar-refractivity contribution is 6.30. The third kappa shape index (κ3) is 3.93. The molecule has 7 heteroatoms. The standard InChI is InChI=1S/C22H23ClN4O2/c1-15-17(21(23)27(25-15)12-16-8-4-3-5-9-16)13-26-14-20(22(28)24-2)29-19-11-7-6-10-18(19)26/h3-11,20H,12-14H2,1-2H3,(H,24,28)/t20-/m1/s1. The van der Waals surface area contributed by atoms with Crippen molar-refractivity contribution in [1.82, 2.24) is 15.1 Å². The second-order valence-corrected chi connectivity index (χ2v) is 7.43. The molecule has 0 radical (unpaired) electrons. The van der Waals surface area contributed by atoms with Crippen LogP contribution < -0.4 is 15.0 Å². The van der Waals surface area contributed by atoms with Crippen molar-refractivity contribution >= 4 is 23.2 Å². The lowest BCUT2D eigenvalue weighted by molar-refractivity contribution is -0.127. The van der Waals surface area contributed by atoms with Gasteiger partial charge < -0.3 is 15.0 Å².